The van der Waals surface area contributed by atoms with Crippen molar-refractivity contribution in [3.05, 3.63) is 42.5 Å². The summed E-state index contributed by atoms with van der Waals surface area (Å²) in [5, 5.41) is 17.2. The van der Waals surface area contributed by atoms with Crippen LogP contribution in [-0.2, 0) is 11.3 Å². The number of aromatic nitrogens is 3. The molecule has 1 saturated carbocycles. The molecular weight excluding hydrogens is 280 g/mol. The maximum atomic E-state index is 11.9. The molecule has 1 heterocycles. The molecule has 0 unspecified atom stereocenters. The molecule has 1 amide bonds. The quantitative estimate of drug-likeness (QED) is 0.878. The largest absolute Gasteiger partial charge is 0.389 e. The van der Waals surface area contributed by atoms with E-state index in [-0.39, 0.29) is 12.3 Å². The topological polar surface area (TPSA) is 80.0 Å². The molecule has 3 rings (SSSR count). The zero-order valence-electron chi connectivity index (χ0n) is 12.4. The molecule has 1 fully saturated rings. The minimum absolute atomic E-state index is 0.0928. The van der Waals surface area contributed by atoms with E-state index in [4.69, 9.17) is 0 Å². The highest BCUT2D eigenvalue weighted by molar-refractivity contribution is 5.77. The Morgan fingerprint density at radius 2 is 2.00 bits per heavy atom. The summed E-state index contributed by atoms with van der Waals surface area (Å²) in [6.45, 7) is 0.465. The smallest absolute Gasteiger partial charge is 0.223 e. The van der Waals surface area contributed by atoms with E-state index in [2.05, 4.69) is 15.4 Å². The molecule has 22 heavy (non-hydrogen) atoms. The molecule has 6 nitrogen and oxygen atoms in total. The number of aliphatic hydroxyl groups is 1. The fourth-order valence-electron chi connectivity index (χ4n) is 2.88. The average molecular weight is 300 g/mol. The normalized spacial score (nSPS) is 16.6. The van der Waals surface area contributed by atoms with Crippen molar-refractivity contribution < 1.29 is 9.90 Å². The van der Waals surface area contributed by atoms with Crippen molar-refractivity contribution in [1.82, 2.24) is 20.1 Å². The molecule has 2 aromatic rings. The van der Waals surface area contributed by atoms with Gasteiger partial charge in [-0.3, -0.25) is 4.79 Å². The number of hydrogen-bond acceptors (Lipinski definition) is 4. The van der Waals surface area contributed by atoms with E-state index in [0.717, 1.165) is 36.9 Å². The van der Waals surface area contributed by atoms with Gasteiger partial charge in [-0.15, -0.1) is 0 Å². The Kier molecular flexibility index (Phi) is 4.20. The highest BCUT2D eigenvalue weighted by atomic mass is 16.3. The Balaban J connectivity index is 1.52. The summed E-state index contributed by atoms with van der Waals surface area (Å²) in [5.74, 6) is -0.0928. The van der Waals surface area contributed by atoms with E-state index in [0.29, 0.717) is 6.54 Å². The standard InChI is InChI=1S/C16H20N4O2/c21-15(9-16(22)7-1-2-8-16)18-10-13-3-5-14(6-4-13)20-12-17-11-19-20/h3-6,11-12,22H,1-2,7-10H2,(H,18,21). The van der Waals surface area contributed by atoms with Gasteiger partial charge in [0.25, 0.3) is 0 Å². The minimum atomic E-state index is -0.791. The van der Waals surface area contributed by atoms with Gasteiger partial charge in [-0.1, -0.05) is 25.0 Å². The summed E-state index contributed by atoms with van der Waals surface area (Å²) in [5.41, 5.74) is 1.14. The predicted molar refractivity (Wildman–Crippen MR) is 81.2 cm³/mol. The van der Waals surface area contributed by atoms with Gasteiger partial charge in [-0.2, -0.15) is 5.10 Å². The number of rotatable bonds is 5. The first-order chi connectivity index (χ1) is 10.6. The molecule has 0 bridgehead atoms. The summed E-state index contributed by atoms with van der Waals surface area (Å²) in [6.07, 6.45) is 6.80. The van der Waals surface area contributed by atoms with Crippen LogP contribution >= 0.6 is 0 Å². The van der Waals surface area contributed by atoms with Crippen molar-refractivity contribution >= 4 is 5.91 Å². The van der Waals surface area contributed by atoms with Crippen molar-refractivity contribution in [1.29, 1.82) is 0 Å². The van der Waals surface area contributed by atoms with Crippen LogP contribution in [0.5, 0.6) is 0 Å². The Bertz CT molecular complexity index is 616. The first kappa shape index (κ1) is 14.7. The highest BCUT2D eigenvalue weighted by Gasteiger charge is 2.33. The van der Waals surface area contributed by atoms with Crippen LogP contribution in [0.15, 0.2) is 36.9 Å². The molecule has 0 saturated heterocycles. The Morgan fingerprint density at radius 3 is 2.64 bits per heavy atom. The zero-order valence-corrected chi connectivity index (χ0v) is 12.4. The highest BCUT2D eigenvalue weighted by Crippen LogP contribution is 2.32. The van der Waals surface area contributed by atoms with Gasteiger partial charge in [0.1, 0.15) is 12.7 Å². The van der Waals surface area contributed by atoms with E-state index < -0.39 is 5.60 Å². The van der Waals surface area contributed by atoms with Crippen LogP contribution in [0, 0.1) is 0 Å². The first-order valence-electron chi connectivity index (χ1n) is 7.58. The minimum Gasteiger partial charge on any atom is -0.389 e. The van der Waals surface area contributed by atoms with Crippen LogP contribution in [0.1, 0.15) is 37.7 Å². The van der Waals surface area contributed by atoms with Crippen LogP contribution in [-0.4, -0.2) is 31.4 Å². The number of nitrogens with zero attached hydrogens (tertiary/aromatic N) is 3. The Hall–Kier alpha value is -2.21. The molecule has 0 atom stereocenters. The predicted octanol–water partition coefficient (Wildman–Crippen LogP) is 1.58. The number of carbonyl (C=O) groups is 1. The lowest BCUT2D eigenvalue weighted by Crippen LogP contribution is -2.34. The molecule has 1 aromatic heterocycles. The summed E-state index contributed by atoms with van der Waals surface area (Å²) in [4.78, 5) is 15.8. The molecule has 2 N–H and O–H groups in total. The second-order valence-corrected chi connectivity index (χ2v) is 5.89. The van der Waals surface area contributed by atoms with E-state index >= 15 is 0 Å². The van der Waals surface area contributed by atoms with Crippen molar-refractivity contribution in [2.45, 2.75) is 44.2 Å². The van der Waals surface area contributed by atoms with Gasteiger partial charge < -0.3 is 10.4 Å². The van der Waals surface area contributed by atoms with Gasteiger partial charge >= 0.3 is 0 Å². The van der Waals surface area contributed by atoms with Crippen LogP contribution in [0.4, 0.5) is 0 Å². The lowest BCUT2D eigenvalue weighted by molar-refractivity contribution is -0.126. The molecule has 0 aliphatic heterocycles. The molecule has 0 spiro atoms. The lowest BCUT2D eigenvalue weighted by atomic mass is 9.97. The Morgan fingerprint density at radius 1 is 1.27 bits per heavy atom. The van der Waals surface area contributed by atoms with Crippen LogP contribution in [0.2, 0.25) is 0 Å². The van der Waals surface area contributed by atoms with Gasteiger partial charge in [-0.05, 0) is 30.5 Å². The molecule has 1 aliphatic rings. The zero-order chi connectivity index (χ0) is 15.4. The first-order valence-corrected chi connectivity index (χ1v) is 7.58. The van der Waals surface area contributed by atoms with Gasteiger partial charge in [0.05, 0.1) is 17.7 Å². The number of benzene rings is 1. The molecule has 6 heteroatoms. The average Bonchev–Trinajstić information content (AvgIpc) is 3.17. The van der Waals surface area contributed by atoms with E-state index in [1.807, 2.05) is 24.3 Å². The third-order valence-electron chi connectivity index (χ3n) is 4.13. The fourth-order valence-corrected chi connectivity index (χ4v) is 2.88. The lowest BCUT2D eigenvalue weighted by Gasteiger charge is -2.21. The Labute approximate surface area is 129 Å². The maximum Gasteiger partial charge on any atom is 0.223 e. The summed E-state index contributed by atoms with van der Waals surface area (Å²) >= 11 is 0. The van der Waals surface area contributed by atoms with Gasteiger partial charge in [0.15, 0.2) is 0 Å². The van der Waals surface area contributed by atoms with Gasteiger partial charge in [0.2, 0.25) is 5.91 Å². The third kappa shape index (κ3) is 3.51. The van der Waals surface area contributed by atoms with E-state index in [9.17, 15) is 9.90 Å². The van der Waals surface area contributed by atoms with Crippen LogP contribution in [0.25, 0.3) is 5.69 Å². The maximum absolute atomic E-state index is 11.9. The second kappa shape index (κ2) is 6.27. The monoisotopic (exact) mass is 300 g/mol. The third-order valence-corrected chi connectivity index (χ3v) is 4.13. The summed E-state index contributed by atoms with van der Waals surface area (Å²) < 4.78 is 1.68. The SMILES string of the molecule is O=C(CC1(O)CCCC1)NCc1ccc(-n2cncn2)cc1. The summed E-state index contributed by atoms with van der Waals surface area (Å²) in [7, 11) is 0. The molecular formula is C16H20N4O2. The number of hydrogen-bond donors (Lipinski definition) is 2. The van der Waals surface area contributed by atoms with Crippen molar-refractivity contribution in [3.8, 4) is 5.69 Å². The van der Waals surface area contributed by atoms with Crippen molar-refractivity contribution in [2.75, 3.05) is 0 Å². The van der Waals surface area contributed by atoms with Crippen LogP contribution < -0.4 is 5.32 Å². The van der Waals surface area contributed by atoms with Gasteiger partial charge in [0, 0.05) is 6.54 Å². The summed E-state index contributed by atoms with van der Waals surface area (Å²) in [6, 6.07) is 7.75. The molecule has 1 aromatic carbocycles. The van der Waals surface area contributed by atoms with Gasteiger partial charge in [-0.25, -0.2) is 9.67 Å². The van der Waals surface area contributed by atoms with Crippen molar-refractivity contribution in [3.63, 3.8) is 0 Å². The number of amides is 1. The number of carbonyl (C=O) groups excluding carboxylic acids is 1. The number of nitrogens with one attached hydrogen (secondary N) is 1. The van der Waals surface area contributed by atoms with Crippen molar-refractivity contribution in [2.24, 2.45) is 0 Å². The second-order valence-electron chi connectivity index (χ2n) is 5.89. The molecule has 116 valence electrons. The van der Waals surface area contributed by atoms with E-state index in [1.54, 1.807) is 11.0 Å². The van der Waals surface area contributed by atoms with Crippen LogP contribution in [0.3, 0.4) is 0 Å². The molecule has 1 aliphatic carbocycles. The fraction of sp³-hybridized carbons (Fsp3) is 0.438. The molecule has 0 radical (unpaired) electrons. The van der Waals surface area contributed by atoms with E-state index in [1.165, 1.54) is 6.33 Å².